The van der Waals surface area contributed by atoms with Gasteiger partial charge in [0.15, 0.2) is 0 Å². The molecule has 0 spiro atoms. The van der Waals surface area contributed by atoms with Crippen molar-refractivity contribution in [1.82, 2.24) is 4.98 Å². The smallest absolute Gasteiger partial charge is 0.0569 e. The minimum atomic E-state index is -0.0123. The second-order valence-corrected chi connectivity index (χ2v) is 5.83. The SMILES string of the molecule is C[C@H](N)c1ccc(Sc2ccc(Br)cc2)cn1. The molecule has 2 nitrogen and oxygen atoms in total. The highest BCUT2D eigenvalue weighted by Crippen LogP contribution is 2.28. The first kappa shape index (κ1) is 12.6. The number of halogens is 1. The Balaban J connectivity index is 2.11. The number of aromatic nitrogens is 1. The number of hydrogen-bond acceptors (Lipinski definition) is 3. The molecular weight excluding hydrogens is 296 g/mol. The van der Waals surface area contributed by atoms with Crippen molar-refractivity contribution in [2.24, 2.45) is 5.73 Å². The lowest BCUT2D eigenvalue weighted by Crippen LogP contribution is -2.06. The van der Waals surface area contributed by atoms with Crippen molar-refractivity contribution in [3.8, 4) is 0 Å². The maximum Gasteiger partial charge on any atom is 0.0569 e. The first-order valence-electron chi connectivity index (χ1n) is 5.30. The minimum Gasteiger partial charge on any atom is -0.323 e. The first-order valence-corrected chi connectivity index (χ1v) is 6.91. The molecule has 0 saturated heterocycles. The van der Waals surface area contributed by atoms with Gasteiger partial charge in [-0.1, -0.05) is 27.7 Å². The summed E-state index contributed by atoms with van der Waals surface area (Å²) in [5.74, 6) is 0. The normalized spacial score (nSPS) is 12.4. The summed E-state index contributed by atoms with van der Waals surface area (Å²) in [5, 5.41) is 0. The lowest BCUT2D eigenvalue weighted by Gasteiger charge is -2.05. The van der Waals surface area contributed by atoms with Gasteiger partial charge in [0.25, 0.3) is 0 Å². The summed E-state index contributed by atoms with van der Waals surface area (Å²) in [6.07, 6.45) is 1.87. The van der Waals surface area contributed by atoms with E-state index < -0.39 is 0 Å². The average Bonchev–Trinajstić information content (AvgIpc) is 2.33. The molecule has 0 radical (unpaired) electrons. The molecule has 88 valence electrons. The second-order valence-electron chi connectivity index (χ2n) is 3.76. The summed E-state index contributed by atoms with van der Waals surface area (Å²) >= 11 is 5.11. The van der Waals surface area contributed by atoms with E-state index in [2.05, 4.69) is 39.1 Å². The molecular formula is C13H13BrN2S. The van der Waals surface area contributed by atoms with Gasteiger partial charge in [-0.25, -0.2) is 0 Å². The Hall–Kier alpha value is -0.840. The molecule has 1 aromatic carbocycles. The van der Waals surface area contributed by atoms with Crippen molar-refractivity contribution < 1.29 is 0 Å². The summed E-state index contributed by atoms with van der Waals surface area (Å²) in [6.45, 7) is 1.93. The molecule has 0 aliphatic rings. The molecule has 0 unspecified atom stereocenters. The third-order valence-corrected chi connectivity index (χ3v) is 3.79. The molecule has 1 atom stereocenters. The second kappa shape index (κ2) is 5.67. The number of nitrogens with zero attached hydrogens (tertiary/aromatic N) is 1. The maximum atomic E-state index is 5.76. The molecule has 2 N–H and O–H groups in total. The van der Waals surface area contributed by atoms with E-state index in [1.807, 2.05) is 31.3 Å². The Morgan fingerprint density at radius 1 is 1.12 bits per heavy atom. The molecule has 0 saturated carbocycles. The van der Waals surface area contributed by atoms with Crippen molar-refractivity contribution in [2.45, 2.75) is 22.8 Å². The Kier molecular flexibility index (Phi) is 4.20. The van der Waals surface area contributed by atoms with E-state index in [0.29, 0.717) is 0 Å². The lowest BCUT2D eigenvalue weighted by atomic mass is 10.2. The Morgan fingerprint density at radius 2 is 1.76 bits per heavy atom. The van der Waals surface area contributed by atoms with Gasteiger partial charge in [-0.2, -0.15) is 0 Å². The molecule has 2 aromatic rings. The Labute approximate surface area is 114 Å². The fourth-order valence-electron chi connectivity index (χ4n) is 1.36. The summed E-state index contributed by atoms with van der Waals surface area (Å²) < 4.78 is 1.09. The van der Waals surface area contributed by atoms with Crippen molar-refractivity contribution >= 4 is 27.7 Å². The van der Waals surface area contributed by atoms with Crippen molar-refractivity contribution in [3.05, 3.63) is 52.8 Å². The van der Waals surface area contributed by atoms with E-state index in [4.69, 9.17) is 5.73 Å². The van der Waals surface area contributed by atoms with Crippen molar-refractivity contribution in [3.63, 3.8) is 0 Å². The van der Waals surface area contributed by atoms with Crippen molar-refractivity contribution in [2.75, 3.05) is 0 Å². The monoisotopic (exact) mass is 308 g/mol. The van der Waals surface area contributed by atoms with Crippen LogP contribution in [0.2, 0.25) is 0 Å². The molecule has 2 rings (SSSR count). The highest BCUT2D eigenvalue weighted by molar-refractivity contribution is 9.10. The number of pyridine rings is 1. The topological polar surface area (TPSA) is 38.9 Å². The zero-order valence-electron chi connectivity index (χ0n) is 9.43. The minimum absolute atomic E-state index is 0.0123. The van der Waals surface area contributed by atoms with E-state index in [1.54, 1.807) is 11.8 Å². The predicted octanol–water partition coefficient (Wildman–Crippen LogP) is 4.02. The van der Waals surface area contributed by atoms with Crippen LogP contribution in [0.5, 0.6) is 0 Å². The summed E-state index contributed by atoms with van der Waals surface area (Å²) in [6, 6.07) is 12.2. The quantitative estimate of drug-likeness (QED) is 0.931. The summed E-state index contributed by atoms with van der Waals surface area (Å²) in [5.41, 5.74) is 6.68. The fourth-order valence-corrected chi connectivity index (χ4v) is 2.41. The summed E-state index contributed by atoms with van der Waals surface area (Å²) in [4.78, 5) is 6.66. The van der Waals surface area contributed by atoms with Gasteiger partial charge in [-0.15, -0.1) is 0 Å². The van der Waals surface area contributed by atoms with E-state index >= 15 is 0 Å². The van der Waals surface area contributed by atoms with Gasteiger partial charge in [0.1, 0.15) is 0 Å². The number of hydrogen-bond donors (Lipinski definition) is 1. The van der Waals surface area contributed by atoms with Gasteiger partial charge in [-0.05, 0) is 43.3 Å². The molecule has 0 fully saturated rings. The lowest BCUT2D eigenvalue weighted by molar-refractivity contribution is 0.777. The van der Waals surface area contributed by atoms with Gasteiger partial charge in [-0.3, -0.25) is 4.98 Å². The Bertz CT molecular complexity index is 480. The fraction of sp³-hybridized carbons (Fsp3) is 0.154. The zero-order valence-corrected chi connectivity index (χ0v) is 11.8. The molecule has 0 aliphatic heterocycles. The highest BCUT2D eigenvalue weighted by atomic mass is 79.9. The molecule has 1 aromatic heterocycles. The van der Waals surface area contributed by atoms with Crippen LogP contribution in [0.1, 0.15) is 18.7 Å². The molecule has 0 amide bonds. The third-order valence-electron chi connectivity index (χ3n) is 2.28. The van der Waals surface area contributed by atoms with Gasteiger partial charge < -0.3 is 5.73 Å². The van der Waals surface area contributed by atoms with Crippen LogP contribution in [0.15, 0.2) is 56.9 Å². The van der Waals surface area contributed by atoms with Gasteiger partial charge in [0, 0.05) is 26.5 Å². The van der Waals surface area contributed by atoms with Gasteiger partial charge >= 0.3 is 0 Å². The van der Waals surface area contributed by atoms with Crippen LogP contribution in [0.3, 0.4) is 0 Å². The number of benzene rings is 1. The maximum absolute atomic E-state index is 5.76. The van der Waals surface area contributed by atoms with Crippen LogP contribution in [0, 0.1) is 0 Å². The van der Waals surface area contributed by atoms with Crippen LogP contribution in [0.25, 0.3) is 0 Å². The average molecular weight is 309 g/mol. The van der Waals surface area contributed by atoms with Gasteiger partial charge in [0.05, 0.1) is 5.69 Å². The molecule has 0 aliphatic carbocycles. The van der Waals surface area contributed by atoms with E-state index in [0.717, 1.165) is 15.1 Å². The van der Waals surface area contributed by atoms with Crippen LogP contribution in [-0.4, -0.2) is 4.98 Å². The van der Waals surface area contributed by atoms with Crippen LogP contribution < -0.4 is 5.73 Å². The van der Waals surface area contributed by atoms with E-state index in [-0.39, 0.29) is 6.04 Å². The number of nitrogens with two attached hydrogens (primary N) is 1. The first-order chi connectivity index (χ1) is 8.15. The third kappa shape index (κ3) is 3.56. The van der Waals surface area contributed by atoms with Crippen LogP contribution >= 0.6 is 27.7 Å². The van der Waals surface area contributed by atoms with Crippen LogP contribution in [-0.2, 0) is 0 Å². The zero-order chi connectivity index (χ0) is 12.3. The predicted molar refractivity (Wildman–Crippen MR) is 75.1 cm³/mol. The van der Waals surface area contributed by atoms with Gasteiger partial charge in [0.2, 0.25) is 0 Å². The van der Waals surface area contributed by atoms with Crippen molar-refractivity contribution in [1.29, 1.82) is 0 Å². The Morgan fingerprint density at radius 3 is 2.29 bits per heavy atom. The molecule has 4 heteroatoms. The largest absolute Gasteiger partial charge is 0.323 e. The van der Waals surface area contributed by atoms with Crippen LogP contribution in [0.4, 0.5) is 0 Å². The standard InChI is InChI=1S/C13H13BrN2S/c1-9(15)13-7-6-12(8-16-13)17-11-4-2-10(14)3-5-11/h2-9H,15H2,1H3/t9-/m0/s1. The number of rotatable bonds is 3. The summed E-state index contributed by atoms with van der Waals surface area (Å²) in [7, 11) is 0. The molecule has 0 bridgehead atoms. The molecule has 1 heterocycles. The molecule has 17 heavy (non-hydrogen) atoms. The highest BCUT2D eigenvalue weighted by Gasteiger charge is 2.02. The van der Waals surface area contributed by atoms with E-state index in [1.165, 1.54) is 4.90 Å². The van der Waals surface area contributed by atoms with E-state index in [9.17, 15) is 0 Å².